The lowest BCUT2D eigenvalue weighted by Crippen LogP contribution is -1.80. The number of aromatic hydroxyl groups is 1. The van der Waals surface area contributed by atoms with E-state index >= 15 is 0 Å². The summed E-state index contributed by atoms with van der Waals surface area (Å²) in [7, 11) is 0. The highest BCUT2D eigenvalue weighted by Gasteiger charge is 1.98. The van der Waals surface area contributed by atoms with Crippen LogP contribution in [0.5, 0.6) is 5.75 Å². The molecule has 0 spiro atoms. The van der Waals surface area contributed by atoms with E-state index in [2.05, 4.69) is 11.8 Å². The molecule has 1 aromatic rings. The van der Waals surface area contributed by atoms with Crippen LogP contribution in [0.25, 0.3) is 0 Å². The molecule has 0 radical (unpaired) electrons. The number of phenols is 1. The number of nitriles is 1. The maximum atomic E-state index is 9.31. The summed E-state index contributed by atoms with van der Waals surface area (Å²) < 4.78 is 0. The number of benzene rings is 1. The van der Waals surface area contributed by atoms with Crippen LogP contribution in [0.15, 0.2) is 18.2 Å². The first kappa shape index (κ1) is 10.1. The summed E-state index contributed by atoms with van der Waals surface area (Å²) in [5.41, 5.74) is 0.868. The van der Waals surface area contributed by atoms with Gasteiger partial charge in [0, 0.05) is 12.0 Å². The van der Waals surface area contributed by atoms with Crippen LogP contribution in [0, 0.1) is 23.2 Å². The van der Waals surface area contributed by atoms with Crippen LogP contribution in [-0.2, 0) is 0 Å². The molecule has 1 rings (SSSR count). The molecule has 0 saturated heterocycles. The zero-order valence-corrected chi connectivity index (χ0v) is 7.49. The van der Waals surface area contributed by atoms with Crippen LogP contribution in [0.4, 0.5) is 0 Å². The Morgan fingerprint density at radius 2 is 2.14 bits per heavy atom. The third-order valence-corrected chi connectivity index (χ3v) is 1.59. The van der Waals surface area contributed by atoms with E-state index in [4.69, 9.17) is 10.4 Å². The zero-order valence-electron chi connectivity index (χ0n) is 7.49. The van der Waals surface area contributed by atoms with E-state index < -0.39 is 0 Å². The third kappa shape index (κ3) is 2.52. The predicted octanol–water partition coefficient (Wildman–Crippen LogP) is 0.998. The van der Waals surface area contributed by atoms with Crippen LogP contribution in [0.1, 0.15) is 17.5 Å². The Bertz CT molecular complexity index is 421. The van der Waals surface area contributed by atoms with Gasteiger partial charge in [-0.2, -0.15) is 5.26 Å². The number of nitrogens with zero attached hydrogens (tertiary/aromatic N) is 1. The van der Waals surface area contributed by atoms with Gasteiger partial charge >= 0.3 is 0 Å². The molecule has 3 nitrogen and oxygen atoms in total. The van der Waals surface area contributed by atoms with Gasteiger partial charge in [0.05, 0.1) is 12.2 Å². The second kappa shape index (κ2) is 4.91. The van der Waals surface area contributed by atoms with Crippen molar-refractivity contribution in [1.82, 2.24) is 0 Å². The molecule has 0 atom stereocenters. The average molecular weight is 187 g/mol. The summed E-state index contributed by atoms with van der Waals surface area (Å²) in [4.78, 5) is 0. The zero-order chi connectivity index (χ0) is 10.4. The normalized spacial score (nSPS) is 8.57. The molecule has 3 heteroatoms. The topological polar surface area (TPSA) is 64.2 Å². The Balaban J connectivity index is 2.89. The SMILES string of the molecule is N#Cc1ccc(C#CCCO)cc1O. The molecular formula is C11H9NO2. The molecule has 14 heavy (non-hydrogen) atoms. The lowest BCUT2D eigenvalue weighted by atomic mass is 10.1. The molecular weight excluding hydrogens is 178 g/mol. The van der Waals surface area contributed by atoms with Crippen molar-refractivity contribution in [2.24, 2.45) is 0 Å². The molecule has 0 aliphatic heterocycles. The lowest BCUT2D eigenvalue weighted by Gasteiger charge is -1.95. The lowest BCUT2D eigenvalue weighted by molar-refractivity contribution is 0.305. The molecule has 0 heterocycles. The van der Waals surface area contributed by atoms with Crippen molar-refractivity contribution < 1.29 is 10.2 Å². The Kier molecular flexibility index (Phi) is 3.55. The fourth-order valence-corrected chi connectivity index (χ4v) is 0.924. The van der Waals surface area contributed by atoms with Crippen LogP contribution in [-0.4, -0.2) is 16.8 Å². The van der Waals surface area contributed by atoms with Crippen LogP contribution < -0.4 is 0 Å². The van der Waals surface area contributed by atoms with Gasteiger partial charge in [0.1, 0.15) is 11.8 Å². The fraction of sp³-hybridized carbons (Fsp3) is 0.182. The minimum absolute atomic E-state index is 0.0231. The van der Waals surface area contributed by atoms with Gasteiger partial charge in [0.2, 0.25) is 0 Å². The van der Waals surface area contributed by atoms with Crippen molar-refractivity contribution >= 4 is 0 Å². The van der Waals surface area contributed by atoms with Crippen molar-refractivity contribution in [3.8, 4) is 23.7 Å². The van der Waals surface area contributed by atoms with Crippen molar-refractivity contribution in [3.05, 3.63) is 29.3 Å². The monoisotopic (exact) mass is 187 g/mol. The highest BCUT2D eigenvalue weighted by Crippen LogP contribution is 2.16. The molecule has 1 aromatic carbocycles. The minimum Gasteiger partial charge on any atom is -0.507 e. The Morgan fingerprint density at radius 3 is 2.71 bits per heavy atom. The molecule has 0 saturated carbocycles. The van der Waals surface area contributed by atoms with Crippen LogP contribution in [0.2, 0.25) is 0 Å². The van der Waals surface area contributed by atoms with Crippen molar-refractivity contribution in [2.75, 3.05) is 6.61 Å². The highest BCUT2D eigenvalue weighted by atomic mass is 16.3. The quantitative estimate of drug-likeness (QED) is 0.644. The molecule has 2 N–H and O–H groups in total. The van der Waals surface area contributed by atoms with Crippen molar-refractivity contribution in [2.45, 2.75) is 6.42 Å². The summed E-state index contributed by atoms with van der Waals surface area (Å²) in [6.45, 7) is 0.0231. The molecule has 0 bridgehead atoms. The van der Waals surface area contributed by atoms with E-state index in [1.807, 2.05) is 6.07 Å². The van der Waals surface area contributed by atoms with Crippen LogP contribution >= 0.6 is 0 Å². The number of hydrogen-bond acceptors (Lipinski definition) is 3. The summed E-state index contributed by atoms with van der Waals surface area (Å²) in [6.07, 6.45) is 0.404. The van der Waals surface area contributed by atoms with E-state index in [9.17, 15) is 5.11 Å². The maximum absolute atomic E-state index is 9.31. The molecule has 0 amide bonds. The summed E-state index contributed by atoms with van der Waals surface area (Å²) >= 11 is 0. The van der Waals surface area contributed by atoms with E-state index in [1.165, 1.54) is 12.1 Å². The van der Waals surface area contributed by atoms with Gasteiger partial charge in [-0.25, -0.2) is 0 Å². The van der Waals surface area contributed by atoms with E-state index in [0.29, 0.717) is 12.0 Å². The van der Waals surface area contributed by atoms with Gasteiger partial charge in [-0.15, -0.1) is 0 Å². The minimum atomic E-state index is -0.0664. The summed E-state index contributed by atoms with van der Waals surface area (Å²) in [6, 6.07) is 6.45. The number of aliphatic hydroxyl groups is 1. The molecule has 0 aromatic heterocycles. The summed E-state index contributed by atoms with van der Waals surface area (Å²) in [5, 5.41) is 26.3. The Morgan fingerprint density at radius 1 is 1.36 bits per heavy atom. The van der Waals surface area contributed by atoms with E-state index in [1.54, 1.807) is 6.07 Å². The number of rotatable bonds is 1. The Hall–Kier alpha value is -1.97. The third-order valence-electron chi connectivity index (χ3n) is 1.59. The first-order valence-electron chi connectivity index (χ1n) is 4.11. The van der Waals surface area contributed by atoms with E-state index in [0.717, 1.165) is 0 Å². The first-order chi connectivity index (χ1) is 6.77. The number of hydrogen-bond donors (Lipinski definition) is 2. The molecule has 0 unspecified atom stereocenters. The van der Waals surface area contributed by atoms with E-state index in [-0.39, 0.29) is 17.9 Å². The average Bonchev–Trinajstić information content (AvgIpc) is 2.18. The van der Waals surface area contributed by atoms with Gasteiger partial charge in [-0.05, 0) is 18.2 Å². The second-order valence-electron chi connectivity index (χ2n) is 2.62. The number of aliphatic hydroxyl groups excluding tert-OH is 1. The standard InChI is InChI=1S/C11H9NO2/c12-8-10-5-4-9(7-11(10)14)3-1-2-6-13/h4-5,7,13-14H,2,6H2. The van der Waals surface area contributed by atoms with Gasteiger partial charge in [0.25, 0.3) is 0 Å². The molecule has 0 aliphatic rings. The van der Waals surface area contributed by atoms with Gasteiger partial charge in [0.15, 0.2) is 0 Å². The molecule has 70 valence electrons. The maximum Gasteiger partial charge on any atom is 0.134 e. The van der Waals surface area contributed by atoms with Gasteiger partial charge in [-0.1, -0.05) is 11.8 Å². The smallest absolute Gasteiger partial charge is 0.134 e. The molecule has 0 aliphatic carbocycles. The second-order valence-corrected chi connectivity index (χ2v) is 2.62. The highest BCUT2D eigenvalue weighted by molar-refractivity contribution is 5.48. The summed E-state index contributed by atoms with van der Waals surface area (Å²) in [5.74, 6) is 5.41. The fourth-order valence-electron chi connectivity index (χ4n) is 0.924. The predicted molar refractivity (Wildman–Crippen MR) is 51.4 cm³/mol. The van der Waals surface area contributed by atoms with Crippen molar-refractivity contribution in [1.29, 1.82) is 5.26 Å². The first-order valence-corrected chi connectivity index (χ1v) is 4.11. The van der Waals surface area contributed by atoms with Crippen LogP contribution in [0.3, 0.4) is 0 Å². The van der Waals surface area contributed by atoms with Crippen molar-refractivity contribution in [3.63, 3.8) is 0 Å². The molecule has 0 fully saturated rings. The van der Waals surface area contributed by atoms with Gasteiger partial charge in [-0.3, -0.25) is 0 Å². The number of phenolic OH excluding ortho intramolecular Hbond substituents is 1. The van der Waals surface area contributed by atoms with Gasteiger partial charge < -0.3 is 10.2 Å². The Labute approximate surface area is 82.2 Å². The largest absolute Gasteiger partial charge is 0.507 e.